The molecular formula is C26H40NOP. The molecule has 160 valence electrons. The lowest BCUT2D eigenvalue weighted by molar-refractivity contribution is 0.445. The molecule has 2 rings (SSSR count). The van der Waals surface area contributed by atoms with E-state index in [0.717, 1.165) is 36.9 Å². The molecule has 0 aliphatic rings. The van der Waals surface area contributed by atoms with E-state index in [9.17, 15) is 5.11 Å². The van der Waals surface area contributed by atoms with Crippen molar-refractivity contribution in [2.75, 3.05) is 7.05 Å². The average Bonchev–Trinajstić information content (AvgIpc) is 2.64. The predicted octanol–water partition coefficient (Wildman–Crippen LogP) is 6.44. The molecule has 3 heteroatoms. The molecular weight excluding hydrogens is 373 g/mol. The van der Waals surface area contributed by atoms with Crippen molar-refractivity contribution in [1.29, 1.82) is 0 Å². The Morgan fingerprint density at radius 1 is 1.03 bits per heavy atom. The SMILES string of the molecule is CCCCC(C)(Pc1c(C)cccc1CNC)c1cc(C(C)(C)C)cc(C)c1O. The lowest BCUT2D eigenvalue weighted by atomic mass is 9.82. The Kier molecular flexibility index (Phi) is 7.93. The maximum absolute atomic E-state index is 11.1. The standard InChI is InChI=1S/C26H40NOP/c1-9-10-14-26(7,29-24-18(2)12-11-13-20(24)17-27-8)22-16-21(25(4,5)6)15-19(3)23(22)28/h11-13,15-16,27-29H,9-10,14,17H2,1-8H3. The van der Waals surface area contributed by atoms with Crippen LogP contribution in [0.2, 0.25) is 0 Å². The van der Waals surface area contributed by atoms with Crippen LogP contribution in [0.15, 0.2) is 30.3 Å². The molecule has 0 saturated heterocycles. The first-order chi connectivity index (χ1) is 13.5. The van der Waals surface area contributed by atoms with Crippen molar-refractivity contribution >= 4 is 13.9 Å². The smallest absolute Gasteiger partial charge is 0.122 e. The minimum absolute atomic E-state index is 0.0575. The van der Waals surface area contributed by atoms with Gasteiger partial charge in [0.1, 0.15) is 5.75 Å². The third-order valence-electron chi connectivity index (χ3n) is 5.92. The number of unbranched alkanes of at least 4 members (excludes halogenated alkanes) is 1. The molecule has 0 saturated carbocycles. The van der Waals surface area contributed by atoms with Gasteiger partial charge in [-0.15, -0.1) is 0 Å². The van der Waals surface area contributed by atoms with Crippen molar-refractivity contribution in [3.63, 3.8) is 0 Å². The number of benzene rings is 2. The van der Waals surface area contributed by atoms with Gasteiger partial charge in [-0.1, -0.05) is 86.4 Å². The van der Waals surface area contributed by atoms with Crippen LogP contribution in [-0.4, -0.2) is 12.2 Å². The molecule has 2 aromatic rings. The second-order valence-corrected chi connectivity index (χ2v) is 11.5. The van der Waals surface area contributed by atoms with Crippen molar-refractivity contribution < 1.29 is 5.11 Å². The third kappa shape index (κ3) is 5.62. The van der Waals surface area contributed by atoms with Crippen molar-refractivity contribution in [2.24, 2.45) is 0 Å². The van der Waals surface area contributed by atoms with Crippen LogP contribution in [0, 0.1) is 13.8 Å². The highest BCUT2D eigenvalue weighted by molar-refractivity contribution is 7.48. The monoisotopic (exact) mass is 413 g/mol. The quantitative estimate of drug-likeness (QED) is 0.488. The second kappa shape index (κ2) is 9.63. The number of nitrogens with one attached hydrogen (secondary N) is 1. The molecule has 0 radical (unpaired) electrons. The summed E-state index contributed by atoms with van der Waals surface area (Å²) in [5, 5.41) is 15.8. The van der Waals surface area contributed by atoms with Crippen LogP contribution in [-0.2, 0) is 17.1 Å². The highest BCUT2D eigenvalue weighted by atomic mass is 31.1. The number of aromatic hydroxyl groups is 1. The number of phenolic OH excluding ortho intramolecular Hbond substituents is 1. The Morgan fingerprint density at radius 2 is 1.72 bits per heavy atom. The highest BCUT2D eigenvalue weighted by Crippen LogP contribution is 2.50. The van der Waals surface area contributed by atoms with Gasteiger partial charge in [0.25, 0.3) is 0 Å². The number of phenols is 1. The third-order valence-corrected chi connectivity index (χ3v) is 7.96. The zero-order chi connectivity index (χ0) is 21.8. The molecule has 0 heterocycles. The fraction of sp³-hybridized carbons (Fsp3) is 0.538. The van der Waals surface area contributed by atoms with Crippen molar-refractivity contribution in [3.05, 3.63) is 58.1 Å². The van der Waals surface area contributed by atoms with E-state index in [1.165, 1.54) is 22.0 Å². The van der Waals surface area contributed by atoms with Crippen LogP contribution in [0.1, 0.15) is 81.7 Å². The van der Waals surface area contributed by atoms with Crippen LogP contribution in [0.4, 0.5) is 0 Å². The molecule has 2 unspecified atom stereocenters. The molecule has 0 fully saturated rings. The van der Waals surface area contributed by atoms with Crippen molar-refractivity contribution in [2.45, 2.75) is 84.8 Å². The molecule has 0 aromatic heterocycles. The molecule has 0 aliphatic carbocycles. The summed E-state index contributed by atoms with van der Waals surface area (Å²) in [4.78, 5) is 0. The maximum atomic E-state index is 11.1. The van der Waals surface area contributed by atoms with Crippen LogP contribution < -0.4 is 10.6 Å². The van der Waals surface area contributed by atoms with Gasteiger partial charge < -0.3 is 10.4 Å². The van der Waals surface area contributed by atoms with Gasteiger partial charge in [-0.05, 0) is 60.3 Å². The zero-order valence-corrected chi connectivity index (χ0v) is 20.7. The molecule has 2 nitrogen and oxygen atoms in total. The Hall–Kier alpha value is -1.37. The Bertz CT molecular complexity index is 837. The molecule has 0 bridgehead atoms. The number of hydrogen-bond acceptors (Lipinski definition) is 2. The number of rotatable bonds is 8. The minimum atomic E-state index is -0.0826. The Balaban J connectivity index is 2.64. The van der Waals surface area contributed by atoms with E-state index >= 15 is 0 Å². The van der Waals surface area contributed by atoms with Gasteiger partial charge in [-0.25, -0.2) is 0 Å². The lowest BCUT2D eigenvalue weighted by Gasteiger charge is -2.34. The maximum Gasteiger partial charge on any atom is 0.122 e. The van der Waals surface area contributed by atoms with Gasteiger partial charge in [0.15, 0.2) is 0 Å². The first-order valence-corrected chi connectivity index (χ1v) is 11.9. The molecule has 0 aliphatic heterocycles. The summed E-state index contributed by atoms with van der Waals surface area (Å²) in [5.74, 6) is 0.479. The van der Waals surface area contributed by atoms with Gasteiger partial charge in [-0.2, -0.15) is 0 Å². The van der Waals surface area contributed by atoms with Crippen molar-refractivity contribution in [1.82, 2.24) is 5.32 Å². The van der Waals surface area contributed by atoms with E-state index < -0.39 is 0 Å². The van der Waals surface area contributed by atoms with E-state index in [1.807, 2.05) is 14.0 Å². The normalized spacial score (nSPS) is 14.5. The van der Waals surface area contributed by atoms with Crippen LogP contribution in [0.3, 0.4) is 0 Å². The Labute approximate surface area is 180 Å². The van der Waals surface area contributed by atoms with Crippen molar-refractivity contribution in [3.8, 4) is 5.75 Å². The molecule has 29 heavy (non-hydrogen) atoms. The summed E-state index contributed by atoms with van der Waals surface area (Å²) in [5.41, 5.74) is 6.18. The summed E-state index contributed by atoms with van der Waals surface area (Å²) in [6.45, 7) is 16.5. The summed E-state index contributed by atoms with van der Waals surface area (Å²) < 4.78 is 0. The fourth-order valence-electron chi connectivity index (χ4n) is 3.95. The first-order valence-electron chi connectivity index (χ1n) is 10.9. The molecule has 2 atom stereocenters. The second-order valence-electron chi connectivity index (χ2n) is 9.64. The molecule has 2 N–H and O–H groups in total. The number of aryl methyl sites for hydroxylation is 2. The summed E-state index contributed by atoms with van der Waals surface area (Å²) >= 11 is 0. The van der Waals surface area contributed by atoms with E-state index in [1.54, 1.807) is 0 Å². The van der Waals surface area contributed by atoms with Gasteiger partial charge in [0, 0.05) is 17.3 Å². The van der Waals surface area contributed by atoms with Gasteiger partial charge in [-0.3, -0.25) is 0 Å². The molecule has 2 aromatic carbocycles. The fourth-order valence-corrected chi connectivity index (χ4v) is 5.74. The average molecular weight is 414 g/mol. The van der Waals surface area contributed by atoms with Crippen LogP contribution in [0.5, 0.6) is 5.75 Å². The van der Waals surface area contributed by atoms with E-state index in [4.69, 9.17) is 0 Å². The van der Waals surface area contributed by atoms with E-state index in [2.05, 4.69) is 77.2 Å². The van der Waals surface area contributed by atoms with Gasteiger partial charge in [0.05, 0.1) is 0 Å². The molecule has 0 spiro atoms. The first kappa shape index (κ1) is 23.9. The summed E-state index contributed by atoms with van der Waals surface area (Å²) in [6, 6.07) is 11.0. The number of hydrogen-bond donors (Lipinski definition) is 2. The van der Waals surface area contributed by atoms with Gasteiger partial charge >= 0.3 is 0 Å². The largest absolute Gasteiger partial charge is 0.507 e. The summed E-state index contributed by atoms with van der Waals surface area (Å²) in [6.07, 6.45) is 3.40. The topological polar surface area (TPSA) is 32.3 Å². The van der Waals surface area contributed by atoms with Crippen LogP contribution in [0.25, 0.3) is 0 Å². The lowest BCUT2D eigenvalue weighted by Crippen LogP contribution is -2.25. The van der Waals surface area contributed by atoms with Gasteiger partial charge in [0.2, 0.25) is 0 Å². The minimum Gasteiger partial charge on any atom is -0.507 e. The molecule has 0 amide bonds. The van der Waals surface area contributed by atoms with E-state index in [0.29, 0.717) is 14.3 Å². The zero-order valence-electron chi connectivity index (χ0n) is 19.7. The van der Waals surface area contributed by atoms with Crippen LogP contribution >= 0.6 is 8.58 Å². The summed E-state index contributed by atoms with van der Waals surface area (Å²) in [7, 11) is 2.62. The van der Waals surface area contributed by atoms with E-state index in [-0.39, 0.29) is 10.6 Å². The highest BCUT2D eigenvalue weighted by Gasteiger charge is 2.32. The predicted molar refractivity (Wildman–Crippen MR) is 130 cm³/mol. The Morgan fingerprint density at radius 3 is 2.31 bits per heavy atom.